The molecule has 2 aromatic carbocycles. The lowest BCUT2D eigenvalue weighted by Crippen LogP contribution is -2.13. The second-order valence-electron chi connectivity index (χ2n) is 6.69. The number of nitrogens with one attached hydrogen (secondary N) is 1. The second kappa shape index (κ2) is 9.17. The molecule has 6 nitrogen and oxygen atoms in total. The summed E-state index contributed by atoms with van der Waals surface area (Å²) in [4.78, 5) is 20.8. The van der Waals surface area contributed by atoms with Gasteiger partial charge >= 0.3 is 6.61 Å². The first-order valence-corrected chi connectivity index (χ1v) is 9.46. The van der Waals surface area contributed by atoms with Crippen molar-refractivity contribution in [2.24, 2.45) is 0 Å². The third-order valence-corrected chi connectivity index (χ3v) is 4.55. The van der Waals surface area contributed by atoms with Crippen molar-refractivity contribution in [3.05, 3.63) is 102 Å². The maximum atomic E-state index is 12.8. The van der Waals surface area contributed by atoms with Crippen molar-refractivity contribution in [3.8, 4) is 11.6 Å². The summed E-state index contributed by atoms with van der Waals surface area (Å²) in [5.41, 5.74) is 2.31. The van der Waals surface area contributed by atoms with Crippen molar-refractivity contribution in [1.82, 2.24) is 14.5 Å². The summed E-state index contributed by atoms with van der Waals surface area (Å²) in [6.07, 6.45) is 6.84. The minimum absolute atomic E-state index is 0.0724. The van der Waals surface area contributed by atoms with Gasteiger partial charge in [-0.05, 0) is 35.9 Å². The molecule has 0 saturated carbocycles. The van der Waals surface area contributed by atoms with E-state index in [2.05, 4.69) is 20.0 Å². The zero-order valence-electron chi connectivity index (χ0n) is 16.3. The van der Waals surface area contributed by atoms with Crippen LogP contribution in [-0.2, 0) is 6.42 Å². The molecule has 0 saturated heterocycles. The van der Waals surface area contributed by atoms with Crippen molar-refractivity contribution in [1.29, 1.82) is 0 Å². The number of amides is 1. The van der Waals surface area contributed by atoms with Crippen LogP contribution in [-0.4, -0.2) is 27.1 Å². The van der Waals surface area contributed by atoms with Crippen molar-refractivity contribution in [3.63, 3.8) is 0 Å². The summed E-state index contributed by atoms with van der Waals surface area (Å²) in [5.74, 6) is 0.341. The molecule has 31 heavy (non-hydrogen) atoms. The number of rotatable bonds is 7. The molecule has 0 fully saturated rings. The number of benzene rings is 2. The second-order valence-corrected chi connectivity index (χ2v) is 6.69. The number of aromatic nitrogens is 3. The van der Waals surface area contributed by atoms with Gasteiger partial charge in [0, 0.05) is 36.3 Å². The van der Waals surface area contributed by atoms with Gasteiger partial charge in [-0.2, -0.15) is 8.78 Å². The molecular formula is C23H18F2N4O2. The Morgan fingerprint density at radius 2 is 1.94 bits per heavy atom. The molecule has 0 aliphatic heterocycles. The lowest BCUT2D eigenvalue weighted by molar-refractivity contribution is -0.0503. The van der Waals surface area contributed by atoms with Gasteiger partial charge in [0.15, 0.2) is 0 Å². The van der Waals surface area contributed by atoms with Crippen LogP contribution in [0.25, 0.3) is 5.82 Å². The summed E-state index contributed by atoms with van der Waals surface area (Å²) in [7, 11) is 0. The summed E-state index contributed by atoms with van der Waals surface area (Å²) >= 11 is 0. The van der Waals surface area contributed by atoms with Gasteiger partial charge in [0.2, 0.25) is 0 Å². The number of hydrogen-bond acceptors (Lipinski definition) is 4. The first-order chi connectivity index (χ1) is 15.1. The van der Waals surface area contributed by atoms with Crippen LogP contribution in [0, 0.1) is 0 Å². The van der Waals surface area contributed by atoms with Crippen molar-refractivity contribution < 1.29 is 18.3 Å². The average Bonchev–Trinajstić information content (AvgIpc) is 3.31. The Bertz CT molecular complexity index is 1150. The van der Waals surface area contributed by atoms with E-state index < -0.39 is 6.61 Å². The molecular weight excluding hydrogens is 402 g/mol. The third kappa shape index (κ3) is 5.11. The molecule has 2 heterocycles. The minimum Gasteiger partial charge on any atom is -0.435 e. The fourth-order valence-corrected chi connectivity index (χ4v) is 3.09. The standard InChI is InChI=1S/C23H18F2N4O2/c24-23(25)31-20-8-7-19(13-18(20)12-16-4-2-1-3-5-16)28-22(30)17-6-9-21(27-14-17)29-11-10-26-15-29/h1-11,13-15,23H,12H2,(H,28,30). The molecule has 4 rings (SSSR count). The summed E-state index contributed by atoms with van der Waals surface area (Å²) in [6.45, 7) is -2.94. The zero-order valence-corrected chi connectivity index (χ0v) is 16.3. The first kappa shape index (κ1) is 20.2. The Hall–Kier alpha value is -4.07. The highest BCUT2D eigenvalue weighted by molar-refractivity contribution is 6.04. The highest BCUT2D eigenvalue weighted by Crippen LogP contribution is 2.27. The third-order valence-electron chi connectivity index (χ3n) is 4.55. The van der Waals surface area contributed by atoms with Gasteiger partial charge in [0.1, 0.15) is 17.9 Å². The van der Waals surface area contributed by atoms with E-state index in [0.29, 0.717) is 29.1 Å². The number of alkyl halides is 2. The molecule has 1 amide bonds. The Morgan fingerprint density at radius 1 is 1.10 bits per heavy atom. The highest BCUT2D eigenvalue weighted by atomic mass is 19.3. The summed E-state index contributed by atoms with van der Waals surface area (Å²) in [5, 5.41) is 2.78. The van der Waals surface area contributed by atoms with E-state index in [-0.39, 0.29) is 11.7 Å². The fraction of sp³-hybridized carbons (Fsp3) is 0.0870. The van der Waals surface area contributed by atoms with Crippen LogP contribution in [0.15, 0.2) is 85.6 Å². The SMILES string of the molecule is O=C(Nc1ccc(OC(F)F)c(Cc2ccccc2)c1)c1ccc(-n2ccnc2)nc1. The zero-order chi connectivity index (χ0) is 21.6. The number of carbonyl (C=O) groups is 1. The monoisotopic (exact) mass is 420 g/mol. The maximum Gasteiger partial charge on any atom is 0.387 e. The molecule has 0 atom stereocenters. The number of carbonyl (C=O) groups excluding carboxylic acids is 1. The van der Waals surface area contributed by atoms with Gasteiger partial charge in [-0.1, -0.05) is 30.3 Å². The van der Waals surface area contributed by atoms with E-state index in [0.717, 1.165) is 5.56 Å². The fourth-order valence-electron chi connectivity index (χ4n) is 3.09. The van der Waals surface area contributed by atoms with Crippen molar-refractivity contribution >= 4 is 11.6 Å². The Labute approximate surface area is 177 Å². The van der Waals surface area contributed by atoms with Crippen molar-refractivity contribution in [2.45, 2.75) is 13.0 Å². The lowest BCUT2D eigenvalue weighted by atomic mass is 10.0. The molecule has 0 radical (unpaired) electrons. The number of pyridine rings is 1. The van der Waals surface area contributed by atoms with Crippen molar-refractivity contribution in [2.75, 3.05) is 5.32 Å². The minimum atomic E-state index is -2.94. The van der Waals surface area contributed by atoms with E-state index in [4.69, 9.17) is 0 Å². The molecule has 0 aliphatic rings. The van der Waals surface area contributed by atoms with E-state index >= 15 is 0 Å². The summed E-state index contributed by atoms with van der Waals surface area (Å²) < 4.78 is 32.0. The average molecular weight is 420 g/mol. The van der Waals surface area contributed by atoms with Gasteiger partial charge in [-0.25, -0.2) is 9.97 Å². The van der Waals surface area contributed by atoms with E-state index in [9.17, 15) is 13.6 Å². The molecule has 1 N–H and O–H groups in total. The molecule has 8 heteroatoms. The lowest BCUT2D eigenvalue weighted by Gasteiger charge is -2.13. The number of nitrogens with zero attached hydrogens (tertiary/aromatic N) is 3. The summed E-state index contributed by atoms with van der Waals surface area (Å²) in [6, 6.07) is 17.4. The molecule has 0 spiro atoms. The van der Waals surface area contributed by atoms with Crippen LogP contribution in [0.3, 0.4) is 0 Å². The number of hydrogen-bond donors (Lipinski definition) is 1. The van der Waals surface area contributed by atoms with E-state index in [1.54, 1.807) is 41.5 Å². The Kier molecular flexibility index (Phi) is 5.98. The quantitative estimate of drug-likeness (QED) is 0.470. The molecule has 0 bridgehead atoms. The molecule has 156 valence electrons. The van der Waals surface area contributed by atoms with Gasteiger partial charge in [-0.15, -0.1) is 0 Å². The normalized spacial score (nSPS) is 10.8. The van der Waals surface area contributed by atoms with E-state index in [1.807, 2.05) is 30.3 Å². The molecule has 2 aromatic heterocycles. The number of anilines is 1. The number of imidazole rings is 1. The van der Waals surface area contributed by atoms with Crippen LogP contribution in [0.5, 0.6) is 5.75 Å². The van der Waals surface area contributed by atoms with Crippen LogP contribution < -0.4 is 10.1 Å². The first-order valence-electron chi connectivity index (χ1n) is 9.46. The van der Waals surface area contributed by atoms with Crippen LogP contribution in [0.1, 0.15) is 21.5 Å². The smallest absolute Gasteiger partial charge is 0.387 e. The predicted octanol–water partition coefficient (Wildman–Crippen LogP) is 4.71. The maximum absolute atomic E-state index is 12.8. The predicted molar refractivity (Wildman–Crippen MR) is 112 cm³/mol. The van der Waals surface area contributed by atoms with Gasteiger partial charge in [0.05, 0.1) is 5.56 Å². The Balaban J connectivity index is 1.53. The molecule has 4 aromatic rings. The van der Waals surface area contributed by atoms with Gasteiger partial charge in [0.25, 0.3) is 5.91 Å². The topological polar surface area (TPSA) is 69.0 Å². The highest BCUT2D eigenvalue weighted by Gasteiger charge is 2.13. The number of halogens is 2. The van der Waals surface area contributed by atoms with Gasteiger partial charge in [-0.3, -0.25) is 9.36 Å². The van der Waals surface area contributed by atoms with Gasteiger partial charge < -0.3 is 10.1 Å². The molecule has 0 unspecified atom stereocenters. The number of ether oxygens (including phenoxy) is 1. The van der Waals surface area contributed by atoms with Crippen LogP contribution >= 0.6 is 0 Å². The Morgan fingerprint density at radius 3 is 2.61 bits per heavy atom. The largest absolute Gasteiger partial charge is 0.435 e. The van der Waals surface area contributed by atoms with Crippen LogP contribution in [0.2, 0.25) is 0 Å². The van der Waals surface area contributed by atoms with Crippen LogP contribution in [0.4, 0.5) is 14.5 Å². The molecule has 0 aliphatic carbocycles. The van der Waals surface area contributed by atoms with E-state index in [1.165, 1.54) is 18.3 Å².